The van der Waals surface area contributed by atoms with E-state index in [9.17, 15) is 31.2 Å². The fourth-order valence-corrected chi connectivity index (χ4v) is 7.53. The highest BCUT2D eigenvalue weighted by Crippen LogP contribution is 2.37. The van der Waals surface area contributed by atoms with Gasteiger partial charge in [-0.15, -0.1) is 0 Å². The Bertz CT molecular complexity index is 1800. The Labute approximate surface area is 283 Å². The van der Waals surface area contributed by atoms with Crippen LogP contribution in [-0.4, -0.2) is 43.8 Å². The number of carbonyl (C=O) groups excluding carboxylic acids is 2. The molecule has 48 heavy (non-hydrogen) atoms. The zero-order valence-electron chi connectivity index (χ0n) is 25.9. The Morgan fingerprint density at radius 1 is 0.833 bits per heavy atom. The summed E-state index contributed by atoms with van der Waals surface area (Å²) in [6.07, 6.45) is -1.17. The fourth-order valence-electron chi connectivity index (χ4n) is 5.81. The lowest BCUT2D eigenvalue weighted by atomic mass is 10.0. The number of sulfonamides is 1. The van der Waals surface area contributed by atoms with Crippen LogP contribution in [0.3, 0.4) is 0 Å². The molecule has 0 aromatic heterocycles. The first kappa shape index (κ1) is 35.0. The standard InChI is InChI=1S/C36H35ClF3N3O4S/c37-31-21-20-28(36(38,39)40)23-32(31)43(48(46,47)30-18-8-3-9-19-30)25-34(44)42(24-27-14-6-2-7-15-27)33(22-26-12-4-1-5-13-26)35(45)41-29-16-10-11-17-29/h1-9,12-15,18-21,23,29,33H,10-11,16-17,22,24-25H2,(H,41,45)/t33-/m0/s1. The quantitative estimate of drug-likeness (QED) is 0.169. The number of hydrogen-bond acceptors (Lipinski definition) is 4. The van der Waals surface area contributed by atoms with Gasteiger partial charge in [-0.25, -0.2) is 8.42 Å². The van der Waals surface area contributed by atoms with E-state index in [0.29, 0.717) is 15.9 Å². The zero-order chi connectivity index (χ0) is 34.3. The van der Waals surface area contributed by atoms with Gasteiger partial charge in [0.1, 0.15) is 12.6 Å². The molecule has 1 aliphatic carbocycles. The van der Waals surface area contributed by atoms with Gasteiger partial charge in [0.25, 0.3) is 10.0 Å². The van der Waals surface area contributed by atoms with E-state index >= 15 is 0 Å². The van der Waals surface area contributed by atoms with E-state index in [1.54, 1.807) is 36.4 Å². The van der Waals surface area contributed by atoms with Crippen molar-refractivity contribution in [2.24, 2.45) is 0 Å². The number of halogens is 4. The van der Waals surface area contributed by atoms with Crippen molar-refractivity contribution < 1.29 is 31.2 Å². The second-order valence-electron chi connectivity index (χ2n) is 11.7. The van der Waals surface area contributed by atoms with E-state index < -0.39 is 51.9 Å². The molecule has 1 saturated carbocycles. The summed E-state index contributed by atoms with van der Waals surface area (Å²) < 4.78 is 70.4. The summed E-state index contributed by atoms with van der Waals surface area (Å²) in [6.45, 7) is -0.988. The van der Waals surface area contributed by atoms with Crippen molar-refractivity contribution >= 4 is 39.1 Å². The molecule has 0 heterocycles. The van der Waals surface area contributed by atoms with Crippen molar-refractivity contribution in [3.63, 3.8) is 0 Å². The van der Waals surface area contributed by atoms with Crippen molar-refractivity contribution in [2.75, 3.05) is 10.8 Å². The van der Waals surface area contributed by atoms with Crippen LogP contribution in [0.5, 0.6) is 0 Å². The van der Waals surface area contributed by atoms with E-state index in [-0.39, 0.29) is 28.9 Å². The molecule has 0 aliphatic heterocycles. The maximum atomic E-state index is 14.6. The van der Waals surface area contributed by atoms with Gasteiger partial charge in [0, 0.05) is 19.0 Å². The number of nitrogens with one attached hydrogen (secondary N) is 1. The van der Waals surface area contributed by atoms with Crippen molar-refractivity contribution in [3.05, 3.63) is 131 Å². The molecule has 0 radical (unpaired) electrons. The second-order valence-corrected chi connectivity index (χ2v) is 14.0. The molecule has 4 aromatic carbocycles. The number of rotatable bonds is 12. The van der Waals surface area contributed by atoms with Crippen LogP contribution in [0, 0.1) is 0 Å². The van der Waals surface area contributed by atoms with Crippen LogP contribution >= 0.6 is 11.6 Å². The molecule has 252 valence electrons. The highest BCUT2D eigenvalue weighted by atomic mass is 35.5. The van der Waals surface area contributed by atoms with Crippen LogP contribution in [0.2, 0.25) is 5.02 Å². The largest absolute Gasteiger partial charge is 0.416 e. The average molecular weight is 698 g/mol. The number of alkyl halides is 3. The molecular formula is C36H35ClF3N3O4S. The summed E-state index contributed by atoms with van der Waals surface area (Å²) in [4.78, 5) is 29.6. The first-order chi connectivity index (χ1) is 22.9. The van der Waals surface area contributed by atoms with Gasteiger partial charge in [-0.2, -0.15) is 13.2 Å². The summed E-state index contributed by atoms with van der Waals surface area (Å²) in [6, 6.07) is 26.3. The molecule has 1 aliphatic rings. The molecular weight excluding hydrogens is 663 g/mol. The summed E-state index contributed by atoms with van der Waals surface area (Å²) in [7, 11) is -4.63. The third kappa shape index (κ3) is 8.56. The number of hydrogen-bond donors (Lipinski definition) is 1. The molecule has 0 spiro atoms. The molecule has 5 rings (SSSR count). The zero-order valence-corrected chi connectivity index (χ0v) is 27.5. The Hall–Kier alpha value is -4.35. The highest BCUT2D eigenvalue weighted by molar-refractivity contribution is 7.92. The number of benzene rings is 4. The smallest absolute Gasteiger partial charge is 0.352 e. The van der Waals surface area contributed by atoms with E-state index in [1.807, 2.05) is 30.3 Å². The van der Waals surface area contributed by atoms with Crippen molar-refractivity contribution in [1.82, 2.24) is 10.2 Å². The van der Waals surface area contributed by atoms with Crippen molar-refractivity contribution in [2.45, 2.75) is 61.8 Å². The Kier molecular flexibility index (Phi) is 11.1. The van der Waals surface area contributed by atoms with Crippen LogP contribution in [-0.2, 0) is 38.8 Å². The number of amides is 2. The minimum absolute atomic E-state index is 0.0647. The van der Waals surface area contributed by atoms with Gasteiger partial charge in [-0.3, -0.25) is 13.9 Å². The maximum Gasteiger partial charge on any atom is 0.416 e. The van der Waals surface area contributed by atoms with Crippen LogP contribution in [0.15, 0.2) is 114 Å². The fraction of sp³-hybridized carbons (Fsp3) is 0.278. The van der Waals surface area contributed by atoms with Crippen LogP contribution in [0.4, 0.5) is 18.9 Å². The van der Waals surface area contributed by atoms with Crippen molar-refractivity contribution in [3.8, 4) is 0 Å². The third-order valence-electron chi connectivity index (χ3n) is 8.32. The lowest BCUT2D eigenvalue weighted by Crippen LogP contribution is -2.54. The summed E-state index contributed by atoms with van der Waals surface area (Å²) in [5.74, 6) is -1.20. The minimum atomic E-state index is -4.82. The van der Waals surface area contributed by atoms with Crippen molar-refractivity contribution in [1.29, 1.82) is 0 Å². The van der Waals surface area contributed by atoms with Crippen LogP contribution in [0.1, 0.15) is 42.4 Å². The lowest BCUT2D eigenvalue weighted by molar-refractivity contribution is -0.140. The van der Waals surface area contributed by atoms with Gasteiger partial charge in [0.2, 0.25) is 11.8 Å². The number of nitrogens with zero attached hydrogens (tertiary/aromatic N) is 2. The van der Waals surface area contributed by atoms with Gasteiger partial charge in [0.15, 0.2) is 0 Å². The van der Waals surface area contributed by atoms with E-state index in [0.717, 1.165) is 43.4 Å². The van der Waals surface area contributed by atoms with Gasteiger partial charge >= 0.3 is 6.18 Å². The SMILES string of the molecule is O=C(NC1CCCC1)[C@H](Cc1ccccc1)N(Cc1ccccc1)C(=O)CN(c1cc(C(F)(F)F)ccc1Cl)S(=O)(=O)c1ccccc1. The summed E-state index contributed by atoms with van der Waals surface area (Å²) in [5, 5.41) is 2.78. The van der Waals surface area contributed by atoms with Gasteiger partial charge < -0.3 is 10.2 Å². The molecule has 1 atom stereocenters. The Morgan fingerprint density at radius 3 is 1.98 bits per heavy atom. The van der Waals surface area contributed by atoms with Gasteiger partial charge in [0.05, 0.1) is 21.2 Å². The normalized spacial score (nSPS) is 14.3. The molecule has 1 N–H and O–H groups in total. The molecule has 4 aromatic rings. The predicted octanol–water partition coefficient (Wildman–Crippen LogP) is 7.25. The van der Waals surface area contributed by atoms with E-state index in [4.69, 9.17) is 11.6 Å². The molecule has 7 nitrogen and oxygen atoms in total. The van der Waals surface area contributed by atoms with Crippen LogP contribution < -0.4 is 9.62 Å². The van der Waals surface area contributed by atoms with Gasteiger partial charge in [-0.05, 0) is 54.3 Å². The predicted molar refractivity (Wildman–Crippen MR) is 179 cm³/mol. The molecule has 0 bridgehead atoms. The lowest BCUT2D eigenvalue weighted by Gasteiger charge is -2.34. The topological polar surface area (TPSA) is 86.8 Å². The third-order valence-corrected chi connectivity index (χ3v) is 10.4. The summed E-state index contributed by atoms with van der Waals surface area (Å²) in [5.41, 5.74) is -0.211. The molecule has 12 heteroatoms. The summed E-state index contributed by atoms with van der Waals surface area (Å²) >= 11 is 6.38. The molecule has 0 unspecified atom stereocenters. The van der Waals surface area contributed by atoms with E-state index in [2.05, 4.69) is 5.32 Å². The Morgan fingerprint density at radius 2 is 1.40 bits per heavy atom. The number of carbonyl (C=O) groups is 2. The van der Waals surface area contributed by atoms with Gasteiger partial charge in [-0.1, -0.05) is 103 Å². The monoisotopic (exact) mass is 697 g/mol. The van der Waals surface area contributed by atoms with E-state index in [1.165, 1.54) is 29.2 Å². The maximum absolute atomic E-state index is 14.6. The first-order valence-corrected chi connectivity index (χ1v) is 17.4. The highest BCUT2D eigenvalue weighted by Gasteiger charge is 2.38. The second kappa shape index (κ2) is 15.3. The average Bonchev–Trinajstić information content (AvgIpc) is 3.59. The minimum Gasteiger partial charge on any atom is -0.352 e. The molecule has 0 saturated heterocycles. The molecule has 1 fully saturated rings. The molecule has 2 amide bonds. The Balaban J connectivity index is 1.60. The number of anilines is 1. The van der Waals surface area contributed by atoms with Crippen LogP contribution in [0.25, 0.3) is 0 Å². The first-order valence-electron chi connectivity index (χ1n) is 15.6.